The number of para-hydroxylation sites is 3. The summed E-state index contributed by atoms with van der Waals surface area (Å²) in [5, 5.41) is 2.76. The SMILES string of the molecule is COc1ccccc1NS(=O)(=O)c1cc(NC(=O)CCCOc2ccccc2)ccc1C. The van der Waals surface area contributed by atoms with E-state index in [1.54, 1.807) is 43.3 Å². The predicted octanol–water partition coefficient (Wildman–Crippen LogP) is 4.60. The van der Waals surface area contributed by atoms with E-state index in [0.29, 0.717) is 35.7 Å². The lowest BCUT2D eigenvalue weighted by molar-refractivity contribution is -0.116. The third-order valence-corrected chi connectivity index (χ3v) is 6.18. The molecule has 3 aromatic carbocycles. The van der Waals surface area contributed by atoms with E-state index in [9.17, 15) is 13.2 Å². The standard InChI is InChI=1S/C24H26N2O5S/c1-18-14-15-19(25-24(27)13-8-16-31-20-9-4-3-5-10-20)17-23(18)32(28,29)26-21-11-6-7-12-22(21)30-2/h3-7,9-12,14-15,17,26H,8,13,16H2,1-2H3,(H,25,27). The van der Waals surface area contributed by atoms with Crippen LogP contribution in [0.2, 0.25) is 0 Å². The lowest BCUT2D eigenvalue weighted by Crippen LogP contribution is -2.17. The lowest BCUT2D eigenvalue weighted by atomic mass is 10.2. The van der Waals surface area contributed by atoms with Gasteiger partial charge in [0.1, 0.15) is 11.5 Å². The highest BCUT2D eigenvalue weighted by Crippen LogP contribution is 2.28. The smallest absolute Gasteiger partial charge is 0.262 e. The number of benzene rings is 3. The van der Waals surface area contributed by atoms with Crippen LogP contribution in [-0.2, 0) is 14.8 Å². The molecule has 0 saturated heterocycles. The molecule has 0 radical (unpaired) electrons. The van der Waals surface area contributed by atoms with Gasteiger partial charge in [-0.2, -0.15) is 0 Å². The molecule has 0 fully saturated rings. The van der Waals surface area contributed by atoms with Crippen molar-refractivity contribution in [3.8, 4) is 11.5 Å². The first-order valence-electron chi connectivity index (χ1n) is 10.1. The Morgan fingerprint density at radius 1 is 0.969 bits per heavy atom. The van der Waals surface area contributed by atoms with Gasteiger partial charge >= 0.3 is 0 Å². The first-order chi connectivity index (χ1) is 15.4. The maximum absolute atomic E-state index is 13.0. The molecule has 168 valence electrons. The van der Waals surface area contributed by atoms with Crippen LogP contribution in [-0.4, -0.2) is 28.0 Å². The van der Waals surface area contributed by atoms with Crippen LogP contribution in [0.25, 0.3) is 0 Å². The van der Waals surface area contributed by atoms with Crippen LogP contribution < -0.4 is 19.5 Å². The van der Waals surface area contributed by atoms with E-state index >= 15 is 0 Å². The van der Waals surface area contributed by atoms with Crippen LogP contribution in [0, 0.1) is 6.92 Å². The van der Waals surface area contributed by atoms with Gasteiger partial charge in [-0.1, -0.05) is 36.4 Å². The summed E-state index contributed by atoms with van der Waals surface area (Å²) >= 11 is 0. The topological polar surface area (TPSA) is 93.7 Å². The second kappa shape index (κ2) is 10.7. The molecule has 0 saturated carbocycles. The third kappa shape index (κ3) is 6.24. The number of ether oxygens (including phenoxy) is 2. The molecular formula is C24H26N2O5S. The highest BCUT2D eigenvalue weighted by Gasteiger charge is 2.19. The van der Waals surface area contributed by atoms with E-state index in [0.717, 1.165) is 5.75 Å². The zero-order chi connectivity index (χ0) is 23.0. The molecule has 3 aromatic rings. The molecule has 7 nitrogen and oxygen atoms in total. The van der Waals surface area contributed by atoms with Crippen LogP contribution in [0.15, 0.2) is 77.7 Å². The summed E-state index contributed by atoms with van der Waals surface area (Å²) in [5.41, 5.74) is 1.30. The monoisotopic (exact) mass is 454 g/mol. The number of carbonyl (C=O) groups is 1. The first kappa shape index (κ1) is 23.1. The van der Waals surface area contributed by atoms with E-state index in [-0.39, 0.29) is 17.2 Å². The molecule has 0 bridgehead atoms. The van der Waals surface area contributed by atoms with Crippen molar-refractivity contribution in [1.82, 2.24) is 0 Å². The zero-order valence-corrected chi connectivity index (χ0v) is 18.8. The van der Waals surface area contributed by atoms with Crippen molar-refractivity contribution >= 4 is 27.3 Å². The van der Waals surface area contributed by atoms with Crippen molar-refractivity contribution in [2.45, 2.75) is 24.7 Å². The van der Waals surface area contributed by atoms with Crippen molar-refractivity contribution in [2.75, 3.05) is 23.8 Å². The number of aryl methyl sites for hydroxylation is 1. The van der Waals surface area contributed by atoms with Crippen molar-refractivity contribution < 1.29 is 22.7 Å². The molecule has 0 spiro atoms. The maximum Gasteiger partial charge on any atom is 0.262 e. The Morgan fingerprint density at radius 3 is 2.44 bits per heavy atom. The molecule has 3 rings (SSSR count). The van der Waals surface area contributed by atoms with Gasteiger partial charge in [0.25, 0.3) is 10.0 Å². The molecule has 0 aliphatic heterocycles. The van der Waals surface area contributed by atoms with Crippen LogP contribution in [0.1, 0.15) is 18.4 Å². The fourth-order valence-electron chi connectivity index (χ4n) is 3.06. The Labute approximate surface area is 188 Å². The molecule has 0 aliphatic rings. The minimum absolute atomic E-state index is 0.0774. The average Bonchev–Trinajstić information content (AvgIpc) is 2.79. The molecule has 2 N–H and O–H groups in total. The number of anilines is 2. The number of carbonyl (C=O) groups excluding carboxylic acids is 1. The highest BCUT2D eigenvalue weighted by molar-refractivity contribution is 7.92. The highest BCUT2D eigenvalue weighted by atomic mass is 32.2. The quantitative estimate of drug-likeness (QED) is 0.437. The molecule has 8 heteroatoms. The summed E-state index contributed by atoms with van der Waals surface area (Å²) in [4.78, 5) is 12.4. The summed E-state index contributed by atoms with van der Waals surface area (Å²) in [5.74, 6) is 0.950. The second-order valence-electron chi connectivity index (χ2n) is 7.10. The number of nitrogens with one attached hydrogen (secondary N) is 2. The van der Waals surface area contributed by atoms with Crippen molar-refractivity contribution in [1.29, 1.82) is 0 Å². The average molecular weight is 455 g/mol. The Balaban J connectivity index is 1.62. The third-order valence-electron chi connectivity index (χ3n) is 4.67. The van der Waals surface area contributed by atoms with Gasteiger partial charge < -0.3 is 14.8 Å². The Bertz CT molecular complexity index is 1160. The molecule has 0 aromatic heterocycles. The molecule has 0 atom stereocenters. The lowest BCUT2D eigenvalue weighted by Gasteiger charge is -2.14. The number of rotatable bonds is 10. The predicted molar refractivity (Wildman–Crippen MR) is 125 cm³/mol. The number of amides is 1. The fourth-order valence-corrected chi connectivity index (χ4v) is 4.40. The summed E-state index contributed by atoms with van der Waals surface area (Å²) in [6, 6.07) is 20.9. The van der Waals surface area contributed by atoms with Crippen LogP contribution in [0.4, 0.5) is 11.4 Å². The number of sulfonamides is 1. The minimum atomic E-state index is -3.89. The van der Waals surface area contributed by atoms with Gasteiger partial charge in [0, 0.05) is 12.1 Å². The number of methoxy groups -OCH3 is 1. The second-order valence-corrected chi connectivity index (χ2v) is 8.75. The van der Waals surface area contributed by atoms with Gasteiger partial charge in [0.05, 0.1) is 24.3 Å². The Morgan fingerprint density at radius 2 is 1.69 bits per heavy atom. The summed E-state index contributed by atoms with van der Waals surface area (Å²) in [6.07, 6.45) is 0.787. The summed E-state index contributed by atoms with van der Waals surface area (Å²) in [6.45, 7) is 2.11. The van der Waals surface area contributed by atoms with E-state index in [1.807, 2.05) is 30.3 Å². The number of hydrogen-bond acceptors (Lipinski definition) is 5. The zero-order valence-electron chi connectivity index (χ0n) is 18.0. The van der Waals surface area contributed by atoms with Crippen LogP contribution in [0.5, 0.6) is 11.5 Å². The normalized spacial score (nSPS) is 10.9. The van der Waals surface area contributed by atoms with E-state index in [4.69, 9.17) is 9.47 Å². The first-order valence-corrected chi connectivity index (χ1v) is 11.6. The van der Waals surface area contributed by atoms with Gasteiger partial charge in [0.2, 0.25) is 5.91 Å². The molecule has 0 heterocycles. The number of hydrogen-bond donors (Lipinski definition) is 2. The van der Waals surface area contributed by atoms with Crippen molar-refractivity contribution in [3.05, 3.63) is 78.4 Å². The molecule has 1 amide bonds. The maximum atomic E-state index is 13.0. The largest absolute Gasteiger partial charge is 0.495 e. The molecule has 0 unspecified atom stereocenters. The van der Waals surface area contributed by atoms with Gasteiger partial charge in [0.15, 0.2) is 0 Å². The summed E-state index contributed by atoms with van der Waals surface area (Å²) in [7, 11) is -2.42. The van der Waals surface area contributed by atoms with E-state index in [1.165, 1.54) is 13.2 Å². The van der Waals surface area contributed by atoms with Crippen molar-refractivity contribution in [3.63, 3.8) is 0 Å². The van der Waals surface area contributed by atoms with E-state index < -0.39 is 10.0 Å². The minimum Gasteiger partial charge on any atom is -0.495 e. The van der Waals surface area contributed by atoms with Gasteiger partial charge in [-0.15, -0.1) is 0 Å². The molecule has 0 aliphatic carbocycles. The van der Waals surface area contributed by atoms with Gasteiger partial charge in [-0.25, -0.2) is 8.42 Å². The van der Waals surface area contributed by atoms with Gasteiger partial charge in [-0.05, 0) is 55.3 Å². The van der Waals surface area contributed by atoms with Crippen molar-refractivity contribution in [2.24, 2.45) is 0 Å². The van der Waals surface area contributed by atoms with Gasteiger partial charge in [-0.3, -0.25) is 9.52 Å². The van der Waals surface area contributed by atoms with Crippen LogP contribution >= 0.6 is 0 Å². The molecular weight excluding hydrogens is 428 g/mol. The molecule has 32 heavy (non-hydrogen) atoms. The summed E-state index contributed by atoms with van der Waals surface area (Å²) < 4.78 is 39.3. The Hall–Kier alpha value is -3.52. The van der Waals surface area contributed by atoms with E-state index in [2.05, 4.69) is 10.0 Å². The van der Waals surface area contributed by atoms with Crippen LogP contribution in [0.3, 0.4) is 0 Å². The fraction of sp³-hybridized carbons (Fsp3) is 0.208. The Kier molecular flexibility index (Phi) is 7.72.